The van der Waals surface area contributed by atoms with Gasteiger partial charge in [0, 0.05) is 42.6 Å². The van der Waals surface area contributed by atoms with Crippen molar-refractivity contribution in [3.8, 4) is 45.6 Å². The van der Waals surface area contributed by atoms with E-state index in [1.165, 1.54) is 37.4 Å². The van der Waals surface area contributed by atoms with Crippen molar-refractivity contribution in [2.75, 3.05) is 7.05 Å². The summed E-state index contributed by atoms with van der Waals surface area (Å²) in [5, 5.41) is 63.2. The second kappa shape index (κ2) is 25.5. The first-order valence-electron chi connectivity index (χ1n) is 26.7. The molecule has 1 aromatic heterocycles. The van der Waals surface area contributed by atoms with E-state index in [2.05, 4.69) is 31.6 Å². The lowest BCUT2D eigenvalue weighted by Gasteiger charge is -2.33. The molecule has 5 heterocycles. The summed E-state index contributed by atoms with van der Waals surface area (Å²) < 4.78 is 6.62. The minimum atomic E-state index is -1.97. The molecule has 0 aliphatic carbocycles. The van der Waals surface area contributed by atoms with Crippen molar-refractivity contribution in [2.45, 2.75) is 56.0 Å². The number of nitrogens with one attached hydrogen (secondary N) is 6. The molecule has 6 amide bonds. The van der Waals surface area contributed by atoms with Gasteiger partial charge in [0.25, 0.3) is 5.91 Å². The first kappa shape index (κ1) is 62.8. The van der Waals surface area contributed by atoms with Crippen molar-refractivity contribution in [2.24, 2.45) is 0 Å². The number of carbonyl (C=O) groups excluding carboxylic acids is 7. The Kier molecular flexibility index (Phi) is 18.0. The Morgan fingerprint density at radius 2 is 1.16 bits per heavy atom. The third kappa shape index (κ3) is 13.0. The van der Waals surface area contributed by atoms with Crippen molar-refractivity contribution < 1.29 is 68.6 Å². The minimum absolute atomic E-state index is 0.0213. The second-order valence-electron chi connectivity index (χ2n) is 20.9. The molecule has 0 spiro atoms. The van der Waals surface area contributed by atoms with E-state index in [0.717, 1.165) is 41.3 Å². The van der Waals surface area contributed by atoms with E-state index in [9.17, 15) is 44.7 Å². The number of carboxylic acids is 1. The normalized spacial score (nSPS) is 18.2. The zero-order chi connectivity index (χ0) is 64.0. The number of Topliss-reactive ketones (excluding diaryl/α,β-unsaturated/α-hetero) is 1. The summed E-state index contributed by atoms with van der Waals surface area (Å²) in [4.78, 5) is 121. The van der Waals surface area contributed by atoms with Crippen LogP contribution in [0.25, 0.3) is 22.0 Å². The number of hydrogen-bond acceptors (Lipinski definition) is 13. The van der Waals surface area contributed by atoms with Crippen LogP contribution < -0.4 is 31.3 Å². The number of fused-ring (bicyclic) bond motifs is 15. The number of nitrogens with zero attached hydrogens (tertiary/aromatic N) is 1. The fourth-order valence-corrected chi connectivity index (χ4v) is 11.9. The number of halogens is 6. The number of amides is 6. The third-order valence-electron chi connectivity index (χ3n) is 15.2. The van der Waals surface area contributed by atoms with Crippen LogP contribution >= 0.6 is 69.6 Å². The molecule has 11 N–H and O–H groups in total. The molecule has 27 heteroatoms. The van der Waals surface area contributed by atoms with Gasteiger partial charge in [-0.05, 0) is 136 Å². The molecule has 4 aliphatic rings. The molecular weight excluding hydrogens is 1280 g/mol. The van der Waals surface area contributed by atoms with E-state index in [1.807, 2.05) is 0 Å². The summed E-state index contributed by atoms with van der Waals surface area (Å²) in [6.07, 6.45) is 0.943. The van der Waals surface area contributed by atoms with Gasteiger partial charge in [0.2, 0.25) is 35.3 Å². The Morgan fingerprint density at radius 3 is 1.73 bits per heavy atom. The van der Waals surface area contributed by atoms with Crippen LogP contribution in [0.2, 0.25) is 30.1 Å². The lowest BCUT2D eigenvalue weighted by Crippen LogP contribution is -2.55. The van der Waals surface area contributed by atoms with Gasteiger partial charge < -0.3 is 66.7 Å². The van der Waals surface area contributed by atoms with Crippen LogP contribution in [-0.2, 0) is 46.4 Å². The third-order valence-corrected chi connectivity index (χ3v) is 16.9. The highest BCUT2D eigenvalue weighted by molar-refractivity contribution is 6.45. The fraction of sp³-hybridized carbons (Fsp3) is 0.161. The Morgan fingerprint density at radius 1 is 0.629 bits per heavy atom. The molecule has 456 valence electrons. The zero-order valence-corrected chi connectivity index (χ0v) is 50.6. The van der Waals surface area contributed by atoms with E-state index in [1.54, 1.807) is 61.7 Å². The Labute approximate surface area is 534 Å². The van der Waals surface area contributed by atoms with Crippen molar-refractivity contribution in [3.63, 3.8) is 0 Å². The number of benzene rings is 7. The van der Waals surface area contributed by atoms with Gasteiger partial charge in [-0.2, -0.15) is 0 Å². The molecule has 4 aliphatic heterocycles. The molecule has 0 radical (unpaired) electrons. The molecule has 0 saturated heterocycles. The van der Waals surface area contributed by atoms with Crippen LogP contribution in [0.4, 0.5) is 0 Å². The maximum atomic E-state index is 15.8. The number of aliphatic carboxylic acids is 1. The van der Waals surface area contributed by atoms with Crippen LogP contribution in [0, 0.1) is 6.92 Å². The summed E-state index contributed by atoms with van der Waals surface area (Å²) in [7, 11) is 1.22. The number of carbonyl (C=O) groups is 8. The van der Waals surface area contributed by atoms with Crippen LogP contribution in [-0.4, -0.2) is 102 Å². The number of hydrogen-bond donors (Lipinski definition) is 11. The Hall–Kier alpha value is -9.22. The summed E-state index contributed by atoms with van der Waals surface area (Å²) in [5.74, 6) is -11.2. The molecule has 0 saturated carbocycles. The highest BCUT2D eigenvalue weighted by Gasteiger charge is 2.40. The fourth-order valence-electron chi connectivity index (χ4n) is 10.4. The van der Waals surface area contributed by atoms with Crippen molar-refractivity contribution in [3.05, 3.63) is 196 Å². The van der Waals surface area contributed by atoms with Gasteiger partial charge in [-0.25, -0.2) is 4.79 Å². The van der Waals surface area contributed by atoms with Gasteiger partial charge >= 0.3 is 5.97 Å². The molecule has 9 bridgehead atoms. The number of aromatic amines is 1. The summed E-state index contributed by atoms with van der Waals surface area (Å²) in [6, 6.07) is 15.2. The van der Waals surface area contributed by atoms with Crippen LogP contribution in [0.5, 0.6) is 34.5 Å². The molecule has 0 fully saturated rings. The minimum Gasteiger partial charge on any atom is -0.508 e. The molecule has 21 nitrogen and oxygen atoms in total. The highest BCUT2D eigenvalue weighted by atomic mass is 35.5. The van der Waals surface area contributed by atoms with E-state index in [4.69, 9.17) is 74.3 Å². The predicted octanol–water partition coefficient (Wildman–Crippen LogP) is 9.80. The molecule has 12 rings (SSSR count). The zero-order valence-electron chi connectivity index (χ0n) is 46.1. The van der Waals surface area contributed by atoms with Crippen molar-refractivity contribution in [1.82, 2.24) is 36.5 Å². The standard InChI is InChI=1S/C62H47Cl6N7O14/c1-25-37-14-29-23-47(25)89-35-10-3-26(4-11-35)13-46(57(82)74-51(62(87)88)27-5-8-34(76)9-6-27)75(2)61(86)50(31-17-40(65)54(79)41(66)18-31)73-59(84)48(29)72-58(83)49(30-15-38(63)53(78)39(64)16-30)71-56(81)45(22-33-24-69-44-21-28(37)7-12-36(33)44)70-60(85)52(77)32-19-42(67)55(80)43(68)20-32/h3-12,14-21,23-24,45-46,48-51,69,76,78-80H,13,22H2,1-2H3,(H,70,85)(H,71,81)(H,72,83)(H,73,84)(H,74,82)(H,87,88). The average Bonchev–Trinajstić information content (AvgIpc) is 1.97. The Bertz CT molecular complexity index is 4210. The topological polar surface area (TPSA) is 326 Å². The number of phenolic OH excluding ortho intramolecular Hbond substituents is 4. The molecule has 7 aromatic carbocycles. The van der Waals surface area contributed by atoms with Gasteiger partial charge in [-0.1, -0.05) is 106 Å². The number of rotatable bonds is 9. The van der Waals surface area contributed by atoms with Crippen LogP contribution in [0.1, 0.15) is 73.5 Å². The molecule has 8 aromatic rings. The van der Waals surface area contributed by atoms with Crippen molar-refractivity contribution >= 4 is 128 Å². The Balaban J connectivity index is 1.15. The maximum absolute atomic E-state index is 15.8. The number of aromatic nitrogens is 1. The van der Waals surface area contributed by atoms with E-state index < -0.39 is 111 Å². The quantitative estimate of drug-likeness (QED) is 0.0473. The van der Waals surface area contributed by atoms with Crippen LogP contribution in [0.15, 0.2) is 121 Å². The van der Waals surface area contributed by atoms with E-state index in [-0.39, 0.29) is 78.0 Å². The number of ketones is 1. The predicted molar refractivity (Wildman–Crippen MR) is 329 cm³/mol. The number of carboxylic acid groups (broad SMARTS) is 1. The number of H-pyrrole nitrogens is 1. The van der Waals surface area contributed by atoms with Crippen molar-refractivity contribution in [1.29, 1.82) is 0 Å². The lowest BCUT2D eigenvalue weighted by molar-refractivity contribution is -0.145. The summed E-state index contributed by atoms with van der Waals surface area (Å²) in [5.41, 5.74) is 2.16. The number of ether oxygens (including phenoxy) is 1. The average molecular weight is 1330 g/mol. The summed E-state index contributed by atoms with van der Waals surface area (Å²) in [6.45, 7) is 1.74. The number of aromatic hydroxyl groups is 4. The van der Waals surface area contributed by atoms with Gasteiger partial charge in [0.05, 0.1) is 30.1 Å². The first-order valence-corrected chi connectivity index (χ1v) is 28.9. The summed E-state index contributed by atoms with van der Waals surface area (Å²) >= 11 is 38.2. The smallest absolute Gasteiger partial charge is 0.330 e. The van der Waals surface area contributed by atoms with Crippen LogP contribution in [0.3, 0.4) is 0 Å². The first-order chi connectivity index (χ1) is 42.2. The molecular formula is C62H47Cl6N7O14. The monoisotopic (exact) mass is 1320 g/mol. The molecule has 89 heavy (non-hydrogen) atoms. The van der Waals surface area contributed by atoms with Gasteiger partial charge in [0.1, 0.15) is 47.5 Å². The molecule has 6 atom stereocenters. The van der Waals surface area contributed by atoms with E-state index in [0.29, 0.717) is 38.7 Å². The SMILES string of the molecule is Cc1c2cc3cc1-c1ccc4c(c[nH]c4c1)CC(NC(=O)C(=O)c1cc(Cl)c(O)c(Cl)c1)C(=O)NC(c1cc(Cl)c(O)c(Cl)c1)C(=O)NC3C(=O)NC(c1cc(Cl)c(O)c(Cl)c1)C(=O)N(C)C(C(=O)NC(C(=O)O)c1ccc(O)cc1)Cc1ccc(cc1)O2. The van der Waals surface area contributed by atoms with E-state index >= 15 is 19.2 Å². The van der Waals surface area contributed by atoms with Gasteiger partial charge in [-0.3, -0.25) is 33.6 Å². The van der Waals surface area contributed by atoms with Gasteiger partial charge in [-0.15, -0.1) is 0 Å². The largest absolute Gasteiger partial charge is 0.508 e. The maximum Gasteiger partial charge on any atom is 0.330 e. The second-order valence-corrected chi connectivity index (χ2v) is 23.3. The number of phenols is 4. The number of likely N-dealkylation sites (N-methyl/N-ethyl adjacent to an activating group) is 1. The molecule has 6 unspecified atom stereocenters. The lowest BCUT2D eigenvalue weighted by atomic mass is 9.92. The highest BCUT2D eigenvalue weighted by Crippen LogP contribution is 2.41. The van der Waals surface area contributed by atoms with Gasteiger partial charge in [0.15, 0.2) is 23.3 Å².